The molecule has 118 valence electrons. The van der Waals surface area contributed by atoms with Crippen LogP contribution in [0.25, 0.3) is 0 Å². The van der Waals surface area contributed by atoms with Crippen molar-refractivity contribution in [3.8, 4) is 5.75 Å². The molecule has 1 aromatic rings. The van der Waals surface area contributed by atoms with Crippen molar-refractivity contribution in [1.82, 2.24) is 10.9 Å². The first-order valence-electron chi connectivity index (χ1n) is 7.30. The van der Waals surface area contributed by atoms with E-state index in [-0.39, 0.29) is 24.3 Å². The second kappa shape index (κ2) is 8.07. The molecule has 22 heavy (non-hydrogen) atoms. The first-order valence-corrected chi connectivity index (χ1v) is 7.30. The van der Waals surface area contributed by atoms with Crippen LogP contribution in [0.1, 0.15) is 19.3 Å². The largest absolute Gasteiger partial charge is 0.497 e. The first kappa shape index (κ1) is 15.9. The third-order valence-electron chi connectivity index (χ3n) is 3.51. The summed E-state index contributed by atoms with van der Waals surface area (Å²) in [5, 5.41) is 2.97. The predicted molar refractivity (Wildman–Crippen MR) is 84.3 cm³/mol. The summed E-state index contributed by atoms with van der Waals surface area (Å²) in [4.78, 5) is 23.6. The lowest BCUT2D eigenvalue weighted by atomic mass is 9.94. The van der Waals surface area contributed by atoms with Gasteiger partial charge in [-0.1, -0.05) is 12.2 Å². The molecule has 1 unspecified atom stereocenters. The van der Waals surface area contributed by atoms with Gasteiger partial charge >= 0.3 is 0 Å². The summed E-state index contributed by atoms with van der Waals surface area (Å²) >= 11 is 0. The number of rotatable bonds is 5. The average Bonchev–Trinajstić information content (AvgIpc) is 2.59. The number of amides is 2. The third kappa shape index (κ3) is 4.80. The normalized spacial score (nSPS) is 16.7. The van der Waals surface area contributed by atoms with Crippen LogP contribution in [0, 0.1) is 5.92 Å². The van der Waals surface area contributed by atoms with E-state index in [0.717, 1.165) is 30.7 Å². The summed E-state index contributed by atoms with van der Waals surface area (Å²) < 4.78 is 5.06. The number of hydrazine groups is 1. The summed E-state index contributed by atoms with van der Waals surface area (Å²) in [6, 6.07) is 7.25. The second-order valence-corrected chi connectivity index (χ2v) is 5.10. The van der Waals surface area contributed by atoms with Gasteiger partial charge in [-0.15, -0.1) is 0 Å². The highest BCUT2D eigenvalue weighted by atomic mass is 16.5. The summed E-state index contributed by atoms with van der Waals surface area (Å²) in [6.45, 7) is 0.0805. The van der Waals surface area contributed by atoms with Crippen molar-refractivity contribution in [2.24, 2.45) is 5.92 Å². The molecule has 0 heterocycles. The Hall–Kier alpha value is -2.50. The van der Waals surface area contributed by atoms with Crippen molar-refractivity contribution in [1.29, 1.82) is 0 Å². The van der Waals surface area contributed by atoms with Gasteiger partial charge in [0.15, 0.2) is 0 Å². The minimum atomic E-state index is -0.296. The minimum absolute atomic E-state index is 0.0557. The van der Waals surface area contributed by atoms with Crippen molar-refractivity contribution < 1.29 is 14.3 Å². The zero-order valence-corrected chi connectivity index (χ0v) is 12.6. The standard InChI is InChI=1S/C16H21N3O3/c1-22-14-9-7-13(8-10-14)17-11-15(20)18-19-16(21)12-5-3-2-4-6-12/h2-3,7-10,12,17H,4-6,11H2,1H3,(H,18,20)(H,19,21). The lowest BCUT2D eigenvalue weighted by Crippen LogP contribution is -2.46. The highest BCUT2D eigenvalue weighted by molar-refractivity contribution is 5.85. The molecule has 0 saturated carbocycles. The topological polar surface area (TPSA) is 79.5 Å². The Morgan fingerprint density at radius 2 is 1.95 bits per heavy atom. The Bertz CT molecular complexity index is 540. The van der Waals surface area contributed by atoms with Gasteiger partial charge in [0.25, 0.3) is 5.91 Å². The second-order valence-electron chi connectivity index (χ2n) is 5.10. The molecule has 6 heteroatoms. The highest BCUT2D eigenvalue weighted by Crippen LogP contribution is 2.17. The molecule has 1 aliphatic rings. The molecular weight excluding hydrogens is 282 g/mol. The van der Waals surface area contributed by atoms with Crippen molar-refractivity contribution in [2.75, 3.05) is 19.0 Å². The molecule has 0 bridgehead atoms. The molecule has 0 aromatic heterocycles. The average molecular weight is 303 g/mol. The van der Waals surface area contributed by atoms with E-state index in [1.54, 1.807) is 19.2 Å². The van der Waals surface area contributed by atoms with E-state index in [9.17, 15) is 9.59 Å². The zero-order chi connectivity index (χ0) is 15.8. The molecule has 3 N–H and O–H groups in total. The number of ether oxygens (including phenoxy) is 1. The quantitative estimate of drug-likeness (QED) is 0.570. The maximum Gasteiger partial charge on any atom is 0.257 e. The number of allylic oxidation sites excluding steroid dienone is 2. The fourth-order valence-electron chi connectivity index (χ4n) is 2.20. The summed E-state index contributed by atoms with van der Waals surface area (Å²) in [6.07, 6.45) is 6.53. The molecule has 0 spiro atoms. The van der Waals surface area contributed by atoms with Gasteiger partial charge in [-0.2, -0.15) is 0 Å². The van der Waals surface area contributed by atoms with Gasteiger partial charge in [-0.25, -0.2) is 0 Å². The number of carbonyl (C=O) groups is 2. The number of carbonyl (C=O) groups excluding carboxylic acids is 2. The predicted octanol–water partition coefficient (Wildman–Crippen LogP) is 1.61. The van der Waals surface area contributed by atoms with Gasteiger partial charge < -0.3 is 10.1 Å². The van der Waals surface area contributed by atoms with Gasteiger partial charge in [-0.05, 0) is 43.5 Å². The van der Waals surface area contributed by atoms with Crippen LogP contribution >= 0.6 is 0 Å². The van der Waals surface area contributed by atoms with E-state index >= 15 is 0 Å². The molecule has 1 aromatic carbocycles. The molecule has 0 fully saturated rings. The molecular formula is C16H21N3O3. The van der Waals surface area contributed by atoms with Crippen LogP contribution in [0.2, 0.25) is 0 Å². The summed E-state index contributed by atoms with van der Waals surface area (Å²) in [5.41, 5.74) is 5.70. The van der Waals surface area contributed by atoms with Crippen molar-refractivity contribution in [3.63, 3.8) is 0 Å². The van der Waals surface area contributed by atoms with E-state index in [2.05, 4.69) is 22.2 Å². The highest BCUT2D eigenvalue weighted by Gasteiger charge is 2.18. The van der Waals surface area contributed by atoms with E-state index in [0.29, 0.717) is 0 Å². The number of methoxy groups -OCH3 is 1. The molecule has 1 atom stereocenters. The van der Waals surface area contributed by atoms with Crippen LogP contribution in [0.15, 0.2) is 36.4 Å². The Balaban J connectivity index is 1.68. The van der Waals surface area contributed by atoms with Gasteiger partial charge in [0.1, 0.15) is 5.75 Å². The van der Waals surface area contributed by atoms with Gasteiger partial charge in [-0.3, -0.25) is 20.4 Å². The Morgan fingerprint density at radius 3 is 2.59 bits per heavy atom. The maximum absolute atomic E-state index is 11.9. The number of hydrogen-bond donors (Lipinski definition) is 3. The van der Waals surface area contributed by atoms with Gasteiger partial charge in [0, 0.05) is 11.6 Å². The SMILES string of the molecule is COc1ccc(NCC(=O)NNC(=O)C2CC=CCC2)cc1. The Labute approximate surface area is 129 Å². The monoisotopic (exact) mass is 303 g/mol. The summed E-state index contributed by atoms with van der Waals surface area (Å²) in [7, 11) is 1.60. The van der Waals surface area contributed by atoms with Crippen molar-refractivity contribution in [2.45, 2.75) is 19.3 Å². The number of nitrogens with one attached hydrogen (secondary N) is 3. The Kier molecular flexibility index (Phi) is 5.82. The molecule has 2 rings (SSSR count). The van der Waals surface area contributed by atoms with Crippen LogP contribution in [0.3, 0.4) is 0 Å². The van der Waals surface area contributed by atoms with Gasteiger partial charge in [0.05, 0.1) is 13.7 Å². The van der Waals surface area contributed by atoms with Crippen LogP contribution in [-0.2, 0) is 9.59 Å². The van der Waals surface area contributed by atoms with Crippen molar-refractivity contribution in [3.05, 3.63) is 36.4 Å². The molecule has 0 aliphatic heterocycles. The first-order chi connectivity index (χ1) is 10.7. The van der Waals surface area contributed by atoms with Crippen molar-refractivity contribution >= 4 is 17.5 Å². The lowest BCUT2D eigenvalue weighted by Gasteiger charge is -2.17. The molecule has 0 saturated heterocycles. The van der Waals surface area contributed by atoms with Crippen LogP contribution in [0.4, 0.5) is 5.69 Å². The lowest BCUT2D eigenvalue weighted by molar-refractivity contribution is -0.130. The minimum Gasteiger partial charge on any atom is -0.497 e. The van der Waals surface area contributed by atoms with Crippen LogP contribution in [-0.4, -0.2) is 25.5 Å². The molecule has 2 amide bonds. The fourth-order valence-corrected chi connectivity index (χ4v) is 2.20. The Morgan fingerprint density at radius 1 is 1.18 bits per heavy atom. The third-order valence-corrected chi connectivity index (χ3v) is 3.51. The maximum atomic E-state index is 11.9. The number of benzene rings is 1. The molecule has 0 radical (unpaired) electrons. The zero-order valence-electron chi connectivity index (χ0n) is 12.6. The summed E-state index contributed by atoms with van der Waals surface area (Å²) in [5.74, 6) is 0.265. The fraction of sp³-hybridized carbons (Fsp3) is 0.375. The number of anilines is 1. The van der Waals surface area contributed by atoms with Crippen LogP contribution in [0.5, 0.6) is 5.75 Å². The molecule has 6 nitrogen and oxygen atoms in total. The molecule has 1 aliphatic carbocycles. The van der Waals surface area contributed by atoms with Crippen LogP contribution < -0.4 is 20.9 Å². The van der Waals surface area contributed by atoms with E-state index in [1.165, 1.54) is 0 Å². The van der Waals surface area contributed by atoms with E-state index in [4.69, 9.17) is 4.74 Å². The van der Waals surface area contributed by atoms with E-state index < -0.39 is 0 Å². The van der Waals surface area contributed by atoms with Gasteiger partial charge in [0.2, 0.25) is 5.91 Å². The smallest absolute Gasteiger partial charge is 0.257 e. The van der Waals surface area contributed by atoms with E-state index in [1.807, 2.05) is 18.2 Å². The number of hydrogen-bond acceptors (Lipinski definition) is 4.